The molecule has 0 spiro atoms. The molecule has 0 bridgehead atoms. The fraction of sp³-hybridized carbons (Fsp3) is 0.120. The zero-order valence-corrected chi connectivity index (χ0v) is 18.8. The first kappa shape index (κ1) is 21.7. The first-order chi connectivity index (χ1) is 16.6. The van der Waals surface area contributed by atoms with E-state index in [0.717, 1.165) is 10.9 Å². The molecule has 0 saturated carbocycles. The minimum absolute atomic E-state index is 0.0924. The first-order valence-corrected chi connectivity index (χ1v) is 11.0. The third-order valence-corrected chi connectivity index (χ3v) is 5.69. The molecule has 172 valence electrons. The summed E-state index contributed by atoms with van der Waals surface area (Å²) in [5.74, 6) is 0.891. The van der Waals surface area contributed by atoms with Crippen molar-refractivity contribution >= 4 is 51.5 Å². The normalized spacial score (nSPS) is 12.7. The Hall–Kier alpha value is -4.17. The van der Waals surface area contributed by atoms with Crippen molar-refractivity contribution in [2.75, 3.05) is 35.3 Å². The van der Waals surface area contributed by atoms with Crippen molar-refractivity contribution in [2.24, 2.45) is 0 Å². The number of carbonyl (C=O) groups is 2. The zero-order chi connectivity index (χ0) is 23.5. The van der Waals surface area contributed by atoms with Crippen LogP contribution >= 0.6 is 11.6 Å². The number of benzene rings is 3. The number of urea groups is 1. The van der Waals surface area contributed by atoms with E-state index < -0.39 is 0 Å². The van der Waals surface area contributed by atoms with Gasteiger partial charge in [0.1, 0.15) is 18.1 Å². The summed E-state index contributed by atoms with van der Waals surface area (Å²) in [6, 6.07) is 19.5. The van der Waals surface area contributed by atoms with Crippen molar-refractivity contribution in [2.45, 2.75) is 0 Å². The Morgan fingerprint density at radius 3 is 2.71 bits per heavy atom. The second-order valence-electron chi connectivity index (χ2n) is 7.65. The summed E-state index contributed by atoms with van der Waals surface area (Å²) in [5.41, 5.74) is 2.75. The summed E-state index contributed by atoms with van der Waals surface area (Å²) in [7, 11) is 0. The highest BCUT2D eigenvalue weighted by atomic mass is 35.5. The predicted molar refractivity (Wildman–Crippen MR) is 132 cm³/mol. The van der Waals surface area contributed by atoms with E-state index in [1.165, 1.54) is 0 Å². The SMILES string of the molecule is O=C(Nc1ccc2c(c1)OCC(=O)N2CCOc1ccccc1Cl)Nc1ccc2cc[nH]c2c1. The largest absolute Gasteiger partial charge is 0.490 e. The van der Waals surface area contributed by atoms with Gasteiger partial charge >= 0.3 is 6.03 Å². The minimum Gasteiger partial charge on any atom is -0.490 e. The van der Waals surface area contributed by atoms with Crippen LogP contribution in [0.5, 0.6) is 11.5 Å². The summed E-state index contributed by atoms with van der Waals surface area (Å²) in [5, 5.41) is 7.19. The number of nitrogens with zero attached hydrogens (tertiary/aromatic N) is 1. The van der Waals surface area contributed by atoms with Crippen LogP contribution in [-0.4, -0.2) is 36.7 Å². The number of H-pyrrole nitrogens is 1. The lowest BCUT2D eigenvalue weighted by Crippen LogP contribution is -2.41. The Balaban J connectivity index is 1.23. The van der Waals surface area contributed by atoms with Crippen LogP contribution in [0.15, 0.2) is 72.9 Å². The number of aromatic nitrogens is 1. The molecule has 3 aromatic carbocycles. The van der Waals surface area contributed by atoms with Crippen molar-refractivity contribution in [3.8, 4) is 11.5 Å². The average molecular weight is 477 g/mol. The van der Waals surface area contributed by atoms with Crippen LogP contribution in [0.2, 0.25) is 5.02 Å². The number of rotatable bonds is 6. The molecule has 2 heterocycles. The summed E-state index contributed by atoms with van der Waals surface area (Å²) in [6.45, 7) is 0.502. The van der Waals surface area contributed by atoms with Gasteiger partial charge in [0.05, 0.1) is 17.3 Å². The Morgan fingerprint density at radius 2 is 1.85 bits per heavy atom. The monoisotopic (exact) mass is 476 g/mol. The Morgan fingerprint density at radius 1 is 1.06 bits per heavy atom. The van der Waals surface area contributed by atoms with Crippen LogP contribution in [0.4, 0.5) is 21.9 Å². The van der Waals surface area contributed by atoms with Gasteiger partial charge in [-0.05, 0) is 47.9 Å². The third kappa shape index (κ3) is 4.62. The molecule has 0 atom stereocenters. The van der Waals surface area contributed by atoms with Crippen LogP contribution < -0.4 is 25.0 Å². The van der Waals surface area contributed by atoms with E-state index in [1.807, 2.05) is 42.6 Å². The second kappa shape index (κ2) is 9.36. The number of ether oxygens (including phenoxy) is 2. The summed E-state index contributed by atoms with van der Waals surface area (Å²) < 4.78 is 11.3. The molecular formula is C25H21ClN4O4. The summed E-state index contributed by atoms with van der Waals surface area (Å²) in [6.07, 6.45) is 1.85. The number of hydrogen-bond donors (Lipinski definition) is 3. The van der Waals surface area contributed by atoms with Gasteiger partial charge in [-0.1, -0.05) is 29.8 Å². The number of nitrogens with one attached hydrogen (secondary N) is 3. The van der Waals surface area contributed by atoms with E-state index in [9.17, 15) is 9.59 Å². The fourth-order valence-corrected chi connectivity index (χ4v) is 3.95. The Bertz CT molecular complexity index is 1370. The van der Waals surface area contributed by atoms with Crippen LogP contribution in [0.25, 0.3) is 10.9 Å². The molecule has 0 saturated heterocycles. The number of hydrogen-bond acceptors (Lipinski definition) is 4. The first-order valence-electron chi connectivity index (χ1n) is 10.7. The molecule has 9 heteroatoms. The summed E-state index contributed by atoms with van der Waals surface area (Å²) >= 11 is 6.12. The number of aromatic amines is 1. The maximum atomic E-state index is 12.5. The van der Waals surface area contributed by atoms with E-state index in [2.05, 4.69) is 15.6 Å². The predicted octanol–water partition coefficient (Wildman–Crippen LogP) is 5.27. The average Bonchev–Trinajstić information content (AvgIpc) is 3.29. The minimum atomic E-state index is -0.386. The molecule has 0 radical (unpaired) electrons. The standard InChI is InChI=1S/C25H21ClN4O4/c26-19-3-1-2-4-22(19)33-12-11-30-21-8-7-18(14-23(21)34-15-24(30)31)29-25(32)28-17-6-5-16-9-10-27-20(16)13-17/h1-10,13-14,27H,11-12,15H2,(H2,28,29,32). The maximum Gasteiger partial charge on any atom is 0.323 e. The molecule has 1 aliphatic heterocycles. The van der Waals surface area contributed by atoms with E-state index in [4.69, 9.17) is 21.1 Å². The number of fused-ring (bicyclic) bond motifs is 2. The summed E-state index contributed by atoms with van der Waals surface area (Å²) in [4.78, 5) is 29.6. The number of para-hydroxylation sites is 1. The highest BCUT2D eigenvalue weighted by Crippen LogP contribution is 2.34. The highest BCUT2D eigenvalue weighted by Gasteiger charge is 2.26. The zero-order valence-electron chi connectivity index (χ0n) is 18.0. The van der Waals surface area contributed by atoms with Crippen molar-refractivity contribution in [1.82, 2.24) is 4.98 Å². The molecule has 1 aliphatic rings. The van der Waals surface area contributed by atoms with Crippen LogP contribution in [0.1, 0.15) is 0 Å². The number of amides is 3. The number of halogens is 1. The van der Waals surface area contributed by atoms with Gasteiger partial charge in [-0.3, -0.25) is 4.79 Å². The molecule has 0 aliphatic carbocycles. The van der Waals surface area contributed by atoms with Crippen LogP contribution in [0, 0.1) is 0 Å². The van der Waals surface area contributed by atoms with Gasteiger partial charge in [0.15, 0.2) is 6.61 Å². The van der Waals surface area contributed by atoms with E-state index in [-0.39, 0.29) is 25.2 Å². The Kier molecular flexibility index (Phi) is 5.97. The smallest absolute Gasteiger partial charge is 0.323 e. The molecule has 0 fully saturated rings. The van der Waals surface area contributed by atoms with Gasteiger partial charge in [-0.2, -0.15) is 0 Å². The van der Waals surface area contributed by atoms with Gasteiger partial charge < -0.3 is 30.0 Å². The maximum absolute atomic E-state index is 12.5. The van der Waals surface area contributed by atoms with Gasteiger partial charge in [-0.15, -0.1) is 0 Å². The van der Waals surface area contributed by atoms with Crippen molar-refractivity contribution < 1.29 is 19.1 Å². The van der Waals surface area contributed by atoms with Crippen LogP contribution in [-0.2, 0) is 4.79 Å². The van der Waals surface area contributed by atoms with Gasteiger partial charge in [0.2, 0.25) is 0 Å². The van der Waals surface area contributed by atoms with Crippen molar-refractivity contribution in [1.29, 1.82) is 0 Å². The topological polar surface area (TPSA) is 95.7 Å². The van der Waals surface area contributed by atoms with E-state index >= 15 is 0 Å². The molecule has 0 unspecified atom stereocenters. The molecule has 1 aromatic heterocycles. The molecule has 4 aromatic rings. The quantitative estimate of drug-likeness (QED) is 0.353. The molecule has 3 amide bonds. The highest BCUT2D eigenvalue weighted by molar-refractivity contribution is 6.32. The Labute approximate surface area is 200 Å². The van der Waals surface area contributed by atoms with Gasteiger partial charge in [-0.25, -0.2) is 4.79 Å². The third-order valence-electron chi connectivity index (χ3n) is 5.38. The van der Waals surface area contributed by atoms with E-state index in [0.29, 0.717) is 40.1 Å². The lowest BCUT2D eigenvalue weighted by atomic mass is 10.2. The molecular weight excluding hydrogens is 456 g/mol. The second-order valence-corrected chi connectivity index (χ2v) is 8.06. The molecule has 3 N–H and O–H groups in total. The molecule has 8 nitrogen and oxygen atoms in total. The number of anilines is 3. The van der Waals surface area contributed by atoms with Crippen LogP contribution in [0.3, 0.4) is 0 Å². The molecule has 5 rings (SSSR count). The van der Waals surface area contributed by atoms with Crippen molar-refractivity contribution in [3.63, 3.8) is 0 Å². The van der Waals surface area contributed by atoms with Gasteiger partial charge in [0, 0.05) is 29.2 Å². The van der Waals surface area contributed by atoms with Gasteiger partial charge in [0.25, 0.3) is 5.91 Å². The fourth-order valence-electron chi connectivity index (χ4n) is 3.76. The van der Waals surface area contributed by atoms with E-state index in [1.54, 1.807) is 35.2 Å². The number of carbonyl (C=O) groups excluding carboxylic acids is 2. The van der Waals surface area contributed by atoms with Crippen molar-refractivity contribution in [3.05, 3.63) is 77.9 Å². The molecule has 34 heavy (non-hydrogen) atoms. The lowest BCUT2D eigenvalue weighted by Gasteiger charge is -2.29. The lowest BCUT2D eigenvalue weighted by molar-refractivity contribution is -0.121.